The third-order valence-electron chi connectivity index (χ3n) is 2.80. The van der Waals surface area contributed by atoms with Crippen LogP contribution >= 0.6 is 0 Å². The van der Waals surface area contributed by atoms with Crippen LogP contribution in [0.2, 0.25) is 0 Å². The third kappa shape index (κ3) is 2.09. The van der Waals surface area contributed by atoms with Gasteiger partial charge in [0.1, 0.15) is 5.82 Å². The molecule has 0 saturated carbocycles. The van der Waals surface area contributed by atoms with Gasteiger partial charge in [-0.3, -0.25) is 0 Å². The lowest BCUT2D eigenvalue weighted by molar-refractivity contribution is 0.399. The van der Waals surface area contributed by atoms with Crippen molar-refractivity contribution in [3.8, 4) is 5.88 Å². The Morgan fingerprint density at radius 2 is 1.82 bits per heavy atom. The molecule has 0 amide bonds. The van der Waals surface area contributed by atoms with Gasteiger partial charge in [-0.2, -0.15) is 0 Å². The molecule has 0 spiro atoms. The second-order valence-electron chi connectivity index (χ2n) is 5.09. The number of benzene rings is 1. The number of halogens is 1. The zero-order chi connectivity index (χ0) is 12.6. The van der Waals surface area contributed by atoms with Gasteiger partial charge in [0, 0.05) is 11.5 Å². The van der Waals surface area contributed by atoms with E-state index in [1.807, 2.05) is 0 Å². The van der Waals surface area contributed by atoms with Gasteiger partial charge >= 0.3 is 0 Å². The first-order chi connectivity index (χ1) is 7.93. The molecule has 2 aromatic rings. The Morgan fingerprint density at radius 3 is 2.41 bits per heavy atom. The molecule has 17 heavy (non-hydrogen) atoms. The van der Waals surface area contributed by atoms with Gasteiger partial charge in [-0.05, 0) is 23.1 Å². The normalized spacial score (nSPS) is 11.8. The predicted octanol–water partition coefficient (Wildman–Crippen LogP) is 3.68. The maximum Gasteiger partial charge on any atom is 0.213 e. The van der Waals surface area contributed by atoms with Crippen molar-refractivity contribution in [1.82, 2.24) is 4.98 Å². The van der Waals surface area contributed by atoms with Gasteiger partial charge in [0.25, 0.3) is 0 Å². The summed E-state index contributed by atoms with van der Waals surface area (Å²) in [5.41, 5.74) is 1.62. The second-order valence-corrected chi connectivity index (χ2v) is 5.09. The summed E-state index contributed by atoms with van der Waals surface area (Å²) in [6.07, 6.45) is 0. The van der Waals surface area contributed by atoms with E-state index in [1.54, 1.807) is 25.3 Å². The highest BCUT2D eigenvalue weighted by atomic mass is 19.1. The van der Waals surface area contributed by atoms with Gasteiger partial charge in [0.15, 0.2) is 0 Å². The van der Waals surface area contributed by atoms with E-state index in [1.165, 1.54) is 6.07 Å². The minimum atomic E-state index is -0.247. The van der Waals surface area contributed by atoms with E-state index >= 15 is 0 Å². The highest BCUT2D eigenvalue weighted by molar-refractivity contribution is 5.84. The van der Waals surface area contributed by atoms with Crippen LogP contribution in [0.5, 0.6) is 5.88 Å². The summed E-state index contributed by atoms with van der Waals surface area (Å²) in [4.78, 5) is 4.36. The number of fused-ring (bicyclic) bond motifs is 1. The molecule has 0 saturated heterocycles. The first-order valence-electron chi connectivity index (χ1n) is 5.57. The summed E-state index contributed by atoms with van der Waals surface area (Å²) in [5.74, 6) is 0.261. The summed E-state index contributed by atoms with van der Waals surface area (Å²) in [6, 6.07) is 6.69. The molecule has 90 valence electrons. The summed E-state index contributed by atoms with van der Waals surface area (Å²) in [7, 11) is 1.56. The van der Waals surface area contributed by atoms with Crippen LogP contribution in [-0.4, -0.2) is 12.1 Å². The number of rotatable bonds is 1. The molecule has 0 N–H and O–H groups in total. The van der Waals surface area contributed by atoms with E-state index in [0.29, 0.717) is 16.8 Å². The zero-order valence-electron chi connectivity index (χ0n) is 10.5. The Bertz CT molecular complexity index is 558. The average molecular weight is 233 g/mol. The van der Waals surface area contributed by atoms with Crippen molar-refractivity contribution >= 4 is 10.9 Å². The van der Waals surface area contributed by atoms with Crippen LogP contribution in [0, 0.1) is 5.82 Å². The number of ether oxygens (including phenoxy) is 1. The number of methoxy groups -OCH3 is 1. The smallest absolute Gasteiger partial charge is 0.213 e. The maximum absolute atomic E-state index is 13.7. The lowest BCUT2D eigenvalue weighted by Crippen LogP contribution is -2.12. The molecule has 0 fully saturated rings. The minimum absolute atomic E-state index is 0.0781. The molecule has 2 rings (SSSR count). The van der Waals surface area contributed by atoms with Crippen molar-refractivity contribution in [3.63, 3.8) is 0 Å². The number of hydrogen-bond donors (Lipinski definition) is 0. The average Bonchev–Trinajstić information content (AvgIpc) is 2.27. The standard InChI is InChI=1S/C14H16FNO/c1-14(2,3)10-6-7-11(15)9-5-8-12(17-4)16-13(9)10/h5-8H,1-4H3. The molecule has 1 aromatic carbocycles. The fourth-order valence-electron chi connectivity index (χ4n) is 1.88. The van der Waals surface area contributed by atoms with Crippen molar-refractivity contribution in [2.45, 2.75) is 26.2 Å². The van der Waals surface area contributed by atoms with E-state index in [4.69, 9.17) is 4.74 Å². The molecule has 3 heteroatoms. The molecule has 1 heterocycles. The number of pyridine rings is 1. The van der Waals surface area contributed by atoms with E-state index in [0.717, 1.165) is 5.56 Å². The summed E-state index contributed by atoms with van der Waals surface area (Å²) >= 11 is 0. The first kappa shape index (κ1) is 11.8. The molecule has 0 radical (unpaired) electrons. The fraction of sp³-hybridized carbons (Fsp3) is 0.357. The maximum atomic E-state index is 13.7. The van der Waals surface area contributed by atoms with Gasteiger partial charge in [-0.25, -0.2) is 9.37 Å². The Hall–Kier alpha value is -1.64. The molecule has 0 bridgehead atoms. The molecule has 2 nitrogen and oxygen atoms in total. The largest absolute Gasteiger partial charge is 0.481 e. The van der Waals surface area contributed by atoms with Crippen LogP contribution in [-0.2, 0) is 5.41 Å². The van der Waals surface area contributed by atoms with Crippen molar-refractivity contribution in [3.05, 3.63) is 35.6 Å². The van der Waals surface area contributed by atoms with E-state index in [-0.39, 0.29) is 11.2 Å². The fourth-order valence-corrected chi connectivity index (χ4v) is 1.88. The van der Waals surface area contributed by atoms with Crippen molar-refractivity contribution < 1.29 is 9.13 Å². The molecule has 0 aliphatic carbocycles. The van der Waals surface area contributed by atoms with Crippen LogP contribution < -0.4 is 4.74 Å². The molecule has 0 aliphatic heterocycles. The predicted molar refractivity (Wildman–Crippen MR) is 67.0 cm³/mol. The zero-order valence-corrected chi connectivity index (χ0v) is 10.5. The lowest BCUT2D eigenvalue weighted by atomic mass is 9.85. The quantitative estimate of drug-likeness (QED) is 0.749. The van der Waals surface area contributed by atoms with Gasteiger partial charge in [-0.15, -0.1) is 0 Å². The molecular formula is C14H16FNO. The summed E-state index contributed by atoms with van der Waals surface area (Å²) < 4.78 is 18.8. The highest BCUT2D eigenvalue weighted by Crippen LogP contribution is 2.31. The SMILES string of the molecule is COc1ccc2c(F)ccc(C(C)(C)C)c2n1. The van der Waals surface area contributed by atoms with Crippen molar-refractivity contribution in [1.29, 1.82) is 0 Å². The Kier molecular flexibility index (Phi) is 2.77. The van der Waals surface area contributed by atoms with Crippen LogP contribution in [0.1, 0.15) is 26.3 Å². The van der Waals surface area contributed by atoms with Gasteiger partial charge < -0.3 is 4.74 Å². The summed E-state index contributed by atoms with van der Waals surface area (Å²) in [5, 5.41) is 0.540. The monoisotopic (exact) mass is 233 g/mol. The van der Waals surface area contributed by atoms with Gasteiger partial charge in [0.05, 0.1) is 12.6 Å². The van der Waals surface area contributed by atoms with Crippen molar-refractivity contribution in [2.75, 3.05) is 7.11 Å². The third-order valence-corrected chi connectivity index (χ3v) is 2.80. The molecule has 1 aromatic heterocycles. The molecule has 0 aliphatic rings. The first-order valence-corrected chi connectivity index (χ1v) is 5.57. The van der Waals surface area contributed by atoms with E-state index < -0.39 is 0 Å². The minimum Gasteiger partial charge on any atom is -0.481 e. The van der Waals surface area contributed by atoms with Crippen LogP contribution in [0.3, 0.4) is 0 Å². The highest BCUT2D eigenvalue weighted by Gasteiger charge is 2.19. The Morgan fingerprint density at radius 1 is 1.12 bits per heavy atom. The second kappa shape index (κ2) is 3.99. The topological polar surface area (TPSA) is 22.1 Å². The van der Waals surface area contributed by atoms with E-state index in [2.05, 4.69) is 25.8 Å². The lowest BCUT2D eigenvalue weighted by Gasteiger charge is -2.21. The number of hydrogen-bond acceptors (Lipinski definition) is 2. The van der Waals surface area contributed by atoms with E-state index in [9.17, 15) is 4.39 Å². The Labute approximate surface area is 100 Å². The van der Waals surface area contributed by atoms with Crippen LogP contribution in [0.4, 0.5) is 4.39 Å². The summed E-state index contributed by atoms with van der Waals surface area (Å²) in [6.45, 7) is 6.25. The molecular weight excluding hydrogens is 217 g/mol. The van der Waals surface area contributed by atoms with Gasteiger partial charge in [0.2, 0.25) is 5.88 Å². The van der Waals surface area contributed by atoms with Gasteiger partial charge in [-0.1, -0.05) is 26.8 Å². The van der Waals surface area contributed by atoms with Crippen molar-refractivity contribution in [2.24, 2.45) is 0 Å². The number of aromatic nitrogens is 1. The van der Waals surface area contributed by atoms with Crippen LogP contribution in [0.25, 0.3) is 10.9 Å². The molecule has 0 atom stereocenters. The number of nitrogens with zero attached hydrogens (tertiary/aromatic N) is 1. The molecule has 0 unspecified atom stereocenters. The Balaban J connectivity index is 2.81. The van der Waals surface area contributed by atoms with Crippen LogP contribution in [0.15, 0.2) is 24.3 Å².